The van der Waals surface area contributed by atoms with E-state index in [1.807, 2.05) is 69.3 Å². The molecule has 0 bridgehead atoms. The molecule has 0 aliphatic heterocycles. The minimum atomic E-state index is -2.16. The molecule has 2 aromatic carbocycles. The van der Waals surface area contributed by atoms with Gasteiger partial charge in [-0.2, -0.15) is 0 Å². The van der Waals surface area contributed by atoms with E-state index in [4.69, 9.17) is 13.9 Å². The molecule has 6 nitrogen and oxygen atoms in total. The summed E-state index contributed by atoms with van der Waals surface area (Å²) in [6.45, 7) is 17.4. The van der Waals surface area contributed by atoms with Gasteiger partial charge in [0.2, 0.25) is 0 Å². The highest BCUT2D eigenvalue weighted by atomic mass is 32.2. The molecule has 39 heavy (non-hydrogen) atoms. The Morgan fingerprint density at radius 2 is 1.62 bits per heavy atom. The molecule has 0 saturated heterocycles. The molecule has 1 unspecified atom stereocenters. The van der Waals surface area contributed by atoms with Crippen molar-refractivity contribution in [2.75, 3.05) is 13.7 Å². The fraction of sp³-hybridized carbons (Fsp3) is 0.516. The van der Waals surface area contributed by atoms with Gasteiger partial charge in [-0.1, -0.05) is 63.3 Å². The Labute approximate surface area is 239 Å². The van der Waals surface area contributed by atoms with Gasteiger partial charge >= 0.3 is 5.97 Å². The fourth-order valence-corrected chi connectivity index (χ4v) is 5.70. The van der Waals surface area contributed by atoms with Gasteiger partial charge in [-0.05, 0) is 81.6 Å². The fourth-order valence-electron chi connectivity index (χ4n) is 3.46. The molecule has 0 heterocycles. The predicted octanol–water partition coefficient (Wildman–Crippen LogP) is 7.16. The van der Waals surface area contributed by atoms with Gasteiger partial charge in [0.15, 0.2) is 8.32 Å². The average molecular weight is 574 g/mol. The first-order valence-corrected chi connectivity index (χ1v) is 17.6. The largest absolute Gasteiger partial charge is 0.491 e. The van der Waals surface area contributed by atoms with E-state index in [1.165, 1.54) is 7.11 Å². The maximum atomic E-state index is 13.2. The summed E-state index contributed by atoms with van der Waals surface area (Å²) in [5.41, 5.74) is 1.51. The lowest BCUT2D eigenvalue weighted by Gasteiger charge is -2.41. The van der Waals surface area contributed by atoms with E-state index in [1.54, 1.807) is 12.1 Å². The summed E-state index contributed by atoms with van der Waals surface area (Å²) in [5.74, 6) is 0.434. The lowest BCUT2D eigenvalue weighted by atomic mass is 10.1. The van der Waals surface area contributed by atoms with Crippen LogP contribution < -0.4 is 9.46 Å². The number of esters is 1. The first-order valence-electron chi connectivity index (χ1n) is 13.5. The Morgan fingerprint density at radius 3 is 2.15 bits per heavy atom. The highest BCUT2D eigenvalue weighted by Gasteiger charge is 2.41. The SMILES string of the molecule is COC(=O)c1ccc(/C=C/CC[C@@H](NS(=O)C(C)(C)C)[C@@H](COc2ccccc2)O[Si](C)(C)C(C)(C)C)cc1. The van der Waals surface area contributed by atoms with E-state index in [0.29, 0.717) is 12.2 Å². The predicted molar refractivity (Wildman–Crippen MR) is 165 cm³/mol. The zero-order chi connectivity index (χ0) is 29.3. The molecule has 216 valence electrons. The van der Waals surface area contributed by atoms with Crippen LogP contribution in [0.3, 0.4) is 0 Å². The summed E-state index contributed by atoms with van der Waals surface area (Å²) in [5, 5.41) is 0.0159. The number of carbonyl (C=O) groups excluding carboxylic acids is 1. The van der Waals surface area contributed by atoms with Crippen LogP contribution >= 0.6 is 0 Å². The van der Waals surface area contributed by atoms with Crippen LogP contribution in [-0.4, -0.2) is 49.1 Å². The normalized spacial score (nSPS) is 15.1. The van der Waals surface area contributed by atoms with Crippen molar-refractivity contribution in [1.29, 1.82) is 0 Å². The zero-order valence-corrected chi connectivity index (χ0v) is 26.9. The number of carbonyl (C=O) groups is 1. The van der Waals surface area contributed by atoms with Crippen LogP contribution in [0.5, 0.6) is 5.75 Å². The molecule has 2 rings (SSSR count). The van der Waals surface area contributed by atoms with E-state index in [-0.39, 0.29) is 23.2 Å². The van der Waals surface area contributed by atoms with Crippen molar-refractivity contribution < 1.29 is 22.9 Å². The molecular weight excluding hydrogens is 526 g/mol. The monoisotopic (exact) mass is 573 g/mol. The third-order valence-electron chi connectivity index (χ3n) is 6.96. The second-order valence-electron chi connectivity index (χ2n) is 12.2. The number of nitrogens with one attached hydrogen (secondary N) is 1. The van der Waals surface area contributed by atoms with Gasteiger partial charge < -0.3 is 13.9 Å². The molecule has 0 amide bonds. The lowest BCUT2D eigenvalue weighted by Crippen LogP contribution is -2.54. The Balaban J connectivity index is 2.26. The standard InChI is InChI=1S/C31H47NO5SSi/c1-30(2,3)38(34)32-27(18-14-13-15-24-19-21-25(22-20-24)29(33)35-7)28(37-39(8,9)31(4,5)6)23-36-26-16-11-10-12-17-26/h10-13,15-17,19-22,27-28,32H,14,18,23H2,1-9H3/b15-13+/t27-,28-,38?/m1/s1. The molecule has 0 radical (unpaired) electrons. The molecule has 0 aliphatic rings. The minimum Gasteiger partial charge on any atom is -0.491 e. The van der Waals surface area contributed by atoms with Crippen molar-refractivity contribution in [3.63, 3.8) is 0 Å². The van der Waals surface area contributed by atoms with Crippen LogP contribution in [0.1, 0.15) is 70.3 Å². The number of hydrogen-bond acceptors (Lipinski definition) is 5. The van der Waals surface area contributed by atoms with Crippen LogP contribution in [-0.2, 0) is 20.1 Å². The zero-order valence-electron chi connectivity index (χ0n) is 25.1. The van der Waals surface area contributed by atoms with Crippen molar-refractivity contribution in [3.05, 3.63) is 71.8 Å². The number of ether oxygens (including phenoxy) is 2. The maximum Gasteiger partial charge on any atom is 0.337 e. The number of allylic oxidation sites excluding steroid dienone is 1. The number of benzene rings is 2. The Kier molecular flexibility index (Phi) is 12.2. The Bertz CT molecular complexity index is 1090. The van der Waals surface area contributed by atoms with Crippen molar-refractivity contribution >= 4 is 31.3 Å². The number of hydrogen-bond donors (Lipinski definition) is 1. The van der Waals surface area contributed by atoms with Gasteiger partial charge in [0, 0.05) is 6.04 Å². The molecule has 0 saturated carbocycles. The van der Waals surface area contributed by atoms with Gasteiger partial charge in [-0.25, -0.2) is 13.7 Å². The third kappa shape index (κ3) is 10.7. The van der Waals surface area contributed by atoms with Crippen LogP contribution in [0.4, 0.5) is 0 Å². The summed E-state index contributed by atoms with van der Waals surface area (Å²) in [4.78, 5) is 11.7. The van der Waals surface area contributed by atoms with E-state index in [0.717, 1.165) is 24.2 Å². The quantitative estimate of drug-likeness (QED) is 0.203. The topological polar surface area (TPSA) is 73.9 Å². The summed E-state index contributed by atoms with van der Waals surface area (Å²) in [6.07, 6.45) is 5.31. The molecule has 0 aromatic heterocycles. The minimum absolute atomic E-state index is 0.0159. The van der Waals surface area contributed by atoms with Crippen LogP contribution in [0.25, 0.3) is 6.08 Å². The second-order valence-corrected chi connectivity index (χ2v) is 19.0. The third-order valence-corrected chi connectivity index (χ3v) is 13.1. The van der Waals surface area contributed by atoms with Gasteiger partial charge in [0.05, 0.1) is 34.5 Å². The van der Waals surface area contributed by atoms with E-state index >= 15 is 0 Å². The van der Waals surface area contributed by atoms with Crippen molar-refractivity contribution in [3.8, 4) is 5.75 Å². The second kappa shape index (κ2) is 14.4. The molecular formula is C31H47NO5SSi. The lowest BCUT2D eigenvalue weighted by molar-refractivity contribution is 0.0600. The highest BCUT2D eigenvalue weighted by Crippen LogP contribution is 2.38. The summed E-state index contributed by atoms with van der Waals surface area (Å²) >= 11 is 0. The van der Waals surface area contributed by atoms with Crippen molar-refractivity contribution in [1.82, 2.24) is 4.72 Å². The maximum absolute atomic E-state index is 13.2. The molecule has 0 aliphatic carbocycles. The van der Waals surface area contributed by atoms with Crippen LogP contribution in [0, 0.1) is 0 Å². The number of methoxy groups -OCH3 is 1. The molecule has 1 N–H and O–H groups in total. The summed E-state index contributed by atoms with van der Waals surface area (Å²) in [7, 11) is -2.06. The van der Waals surface area contributed by atoms with E-state index in [9.17, 15) is 9.00 Å². The number of para-hydroxylation sites is 1. The first-order chi connectivity index (χ1) is 18.1. The Morgan fingerprint density at radius 1 is 1.00 bits per heavy atom. The summed E-state index contributed by atoms with van der Waals surface area (Å²) in [6, 6.07) is 16.9. The van der Waals surface area contributed by atoms with E-state index < -0.39 is 24.1 Å². The van der Waals surface area contributed by atoms with Gasteiger partial charge in [0.1, 0.15) is 12.4 Å². The average Bonchev–Trinajstić information content (AvgIpc) is 2.87. The highest BCUT2D eigenvalue weighted by molar-refractivity contribution is 7.84. The smallest absolute Gasteiger partial charge is 0.337 e. The number of rotatable bonds is 13. The molecule has 8 heteroatoms. The summed E-state index contributed by atoms with van der Waals surface area (Å²) < 4.78 is 34.1. The van der Waals surface area contributed by atoms with Gasteiger partial charge in [-0.15, -0.1) is 0 Å². The van der Waals surface area contributed by atoms with E-state index in [2.05, 4.69) is 44.7 Å². The molecule has 0 spiro atoms. The molecule has 3 atom stereocenters. The van der Waals surface area contributed by atoms with Crippen molar-refractivity contribution in [2.45, 2.75) is 89.4 Å². The first kappa shape index (κ1) is 32.9. The van der Waals surface area contributed by atoms with Gasteiger partial charge in [-0.3, -0.25) is 0 Å². The van der Waals surface area contributed by atoms with Crippen LogP contribution in [0.2, 0.25) is 18.1 Å². The van der Waals surface area contributed by atoms with Crippen LogP contribution in [0.15, 0.2) is 60.7 Å². The molecule has 2 aromatic rings. The molecule has 0 fully saturated rings. The van der Waals surface area contributed by atoms with Crippen molar-refractivity contribution in [2.24, 2.45) is 0 Å². The Hall–Kier alpha value is -2.26. The van der Waals surface area contributed by atoms with Gasteiger partial charge in [0.25, 0.3) is 0 Å².